The van der Waals surface area contributed by atoms with Crippen LogP contribution in [0.25, 0.3) is 0 Å². The minimum absolute atomic E-state index is 0.137. The van der Waals surface area contributed by atoms with E-state index in [0.717, 1.165) is 0 Å². The first-order chi connectivity index (χ1) is 8.87. The number of hydrogen-bond acceptors (Lipinski definition) is 5. The molecule has 0 spiro atoms. The molecule has 0 aromatic carbocycles. The van der Waals surface area contributed by atoms with Crippen LogP contribution in [0.2, 0.25) is 0 Å². The van der Waals surface area contributed by atoms with E-state index in [1.54, 1.807) is 0 Å². The minimum atomic E-state index is -0.579. The molecule has 1 aliphatic rings. The third-order valence-corrected chi connectivity index (χ3v) is 2.81. The first-order valence-electron chi connectivity index (χ1n) is 6.39. The minimum Gasteiger partial charge on any atom is -0.348 e. The summed E-state index contributed by atoms with van der Waals surface area (Å²) in [5.41, 5.74) is 0. The number of rotatable bonds is 4. The molecule has 0 aliphatic carbocycles. The van der Waals surface area contributed by atoms with Gasteiger partial charge in [0.05, 0.1) is 6.61 Å². The Balaban J connectivity index is 1.84. The summed E-state index contributed by atoms with van der Waals surface area (Å²) in [6.45, 7) is 8.51. The van der Waals surface area contributed by atoms with Crippen LogP contribution in [0.1, 0.15) is 50.1 Å². The Morgan fingerprint density at radius 2 is 2.32 bits per heavy atom. The number of H-pyrrole nitrogens is 1. The third kappa shape index (κ3) is 3.51. The van der Waals surface area contributed by atoms with E-state index in [0.29, 0.717) is 19.0 Å². The first-order valence-corrected chi connectivity index (χ1v) is 6.39. The predicted molar refractivity (Wildman–Crippen MR) is 67.7 cm³/mol. The number of hydrogen-bond donors (Lipinski definition) is 2. The summed E-state index contributed by atoms with van der Waals surface area (Å²) in [6, 6.07) is 0. The summed E-state index contributed by atoms with van der Waals surface area (Å²) in [4.78, 5) is 16.0. The fourth-order valence-electron chi connectivity index (χ4n) is 1.78. The second-order valence-electron chi connectivity index (χ2n) is 5.36. The van der Waals surface area contributed by atoms with Crippen LogP contribution in [0.4, 0.5) is 0 Å². The van der Waals surface area contributed by atoms with Crippen molar-refractivity contribution in [2.75, 3.05) is 13.2 Å². The molecule has 0 saturated carbocycles. The normalized spacial score (nSPS) is 21.8. The molecule has 1 aromatic heterocycles. The fraction of sp³-hybridized carbons (Fsp3) is 0.750. The summed E-state index contributed by atoms with van der Waals surface area (Å²) in [7, 11) is 0. The topological polar surface area (TPSA) is 89.1 Å². The maximum atomic E-state index is 11.8. The Labute approximate surface area is 112 Å². The number of nitrogens with zero attached hydrogens (tertiary/aromatic N) is 2. The van der Waals surface area contributed by atoms with Gasteiger partial charge in [0.1, 0.15) is 11.9 Å². The van der Waals surface area contributed by atoms with Crippen LogP contribution >= 0.6 is 0 Å². The highest BCUT2D eigenvalue weighted by atomic mass is 16.7. The van der Waals surface area contributed by atoms with Crippen molar-refractivity contribution >= 4 is 5.91 Å². The van der Waals surface area contributed by atoms with E-state index in [1.165, 1.54) is 0 Å². The van der Waals surface area contributed by atoms with Crippen molar-refractivity contribution in [3.05, 3.63) is 11.6 Å². The van der Waals surface area contributed by atoms with E-state index in [1.807, 2.05) is 27.7 Å². The van der Waals surface area contributed by atoms with Gasteiger partial charge in [0.15, 0.2) is 5.79 Å². The van der Waals surface area contributed by atoms with E-state index < -0.39 is 5.79 Å². The monoisotopic (exact) mass is 268 g/mol. The molecule has 7 heteroatoms. The zero-order valence-corrected chi connectivity index (χ0v) is 11.7. The van der Waals surface area contributed by atoms with Crippen LogP contribution in [-0.4, -0.2) is 46.1 Å². The first kappa shape index (κ1) is 14.0. The number of carbonyl (C=O) groups is 1. The van der Waals surface area contributed by atoms with Gasteiger partial charge in [-0.25, -0.2) is 4.98 Å². The Bertz CT molecular complexity index is 456. The lowest BCUT2D eigenvalue weighted by Gasteiger charge is -2.17. The lowest BCUT2D eigenvalue weighted by molar-refractivity contribution is -0.137. The van der Waals surface area contributed by atoms with Crippen molar-refractivity contribution in [2.24, 2.45) is 0 Å². The highest BCUT2D eigenvalue weighted by Gasteiger charge is 2.32. The van der Waals surface area contributed by atoms with Crippen LogP contribution in [-0.2, 0) is 9.47 Å². The van der Waals surface area contributed by atoms with Gasteiger partial charge in [0.25, 0.3) is 5.91 Å². The van der Waals surface area contributed by atoms with Crippen molar-refractivity contribution in [1.82, 2.24) is 20.5 Å². The van der Waals surface area contributed by atoms with Gasteiger partial charge < -0.3 is 14.8 Å². The Morgan fingerprint density at radius 3 is 2.84 bits per heavy atom. The molecule has 1 unspecified atom stereocenters. The number of aromatic nitrogens is 3. The molecule has 0 radical (unpaired) electrons. The van der Waals surface area contributed by atoms with Gasteiger partial charge in [-0.3, -0.25) is 9.89 Å². The average Bonchev–Trinajstić information content (AvgIpc) is 2.92. The lowest BCUT2D eigenvalue weighted by atomic mass is 10.2. The van der Waals surface area contributed by atoms with E-state index in [4.69, 9.17) is 9.47 Å². The van der Waals surface area contributed by atoms with Gasteiger partial charge in [-0.15, -0.1) is 5.10 Å². The molecular weight excluding hydrogens is 248 g/mol. The smallest absolute Gasteiger partial charge is 0.291 e. The standard InChI is InChI=1S/C12H20N4O3/c1-7(2)9-14-10(16-15-9)11(17)13-5-8-6-18-12(3,4)19-8/h7-8H,5-6H2,1-4H3,(H,13,17)(H,14,15,16). The molecule has 1 fully saturated rings. The highest BCUT2D eigenvalue weighted by molar-refractivity contribution is 5.90. The highest BCUT2D eigenvalue weighted by Crippen LogP contribution is 2.21. The fourth-order valence-corrected chi connectivity index (χ4v) is 1.78. The average molecular weight is 268 g/mol. The number of aromatic amines is 1. The van der Waals surface area contributed by atoms with Crippen molar-refractivity contribution < 1.29 is 14.3 Å². The van der Waals surface area contributed by atoms with Gasteiger partial charge in [-0.05, 0) is 13.8 Å². The van der Waals surface area contributed by atoms with E-state index in [9.17, 15) is 4.79 Å². The Hall–Kier alpha value is -1.47. The zero-order chi connectivity index (χ0) is 14.0. The van der Waals surface area contributed by atoms with E-state index in [2.05, 4.69) is 20.5 Å². The quantitative estimate of drug-likeness (QED) is 0.843. The molecular formula is C12H20N4O3. The molecule has 2 rings (SSSR count). The molecule has 2 heterocycles. The molecule has 1 amide bonds. The van der Waals surface area contributed by atoms with Crippen LogP contribution in [0.3, 0.4) is 0 Å². The van der Waals surface area contributed by atoms with Gasteiger partial charge in [-0.1, -0.05) is 13.8 Å². The van der Waals surface area contributed by atoms with Crippen molar-refractivity contribution in [1.29, 1.82) is 0 Å². The van der Waals surface area contributed by atoms with Crippen LogP contribution < -0.4 is 5.32 Å². The number of ether oxygens (including phenoxy) is 2. The summed E-state index contributed by atoms with van der Waals surface area (Å²) < 4.78 is 11.0. The summed E-state index contributed by atoms with van der Waals surface area (Å²) in [5.74, 6) is 0.177. The Morgan fingerprint density at radius 1 is 1.58 bits per heavy atom. The molecule has 1 atom stereocenters. The second-order valence-corrected chi connectivity index (χ2v) is 5.36. The third-order valence-electron chi connectivity index (χ3n) is 2.81. The predicted octanol–water partition coefficient (Wildman–Crippen LogP) is 0.809. The molecule has 0 bridgehead atoms. The maximum Gasteiger partial charge on any atom is 0.291 e. The van der Waals surface area contributed by atoms with Crippen LogP contribution in [0, 0.1) is 0 Å². The zero-order valence-electron chi connectivity index (χ0n) is 11.7. The molecule has 1 aromatic rings. The van der Waals surface area contributed by atoms with Crippen LogP contribution in [0.5, 0.6) is 0 Å². The Kier molecular flexibility index (Phi) is 3.86. The number of nitrogens with one attached hydrogen (secondary N) is 2. The molecule has 2 N–H and O–H groups in total. The van der Waals surface area contributed by atoms with Gasteiger partial charge in [0.2, 0.25) is 5.82 Å². The number of amides is 1. The van der Waals surface area contributed by atoms with Gasteiger partial charge in [0, 0.05) is 12.5 Å². The molecule has 106 valence electrons. The van der Waals surface area contributed by atoms with Gasteiger partial charge >= 0.3 is 0 Å². The summed E-state index contributed by atoms with van der Waals surface area (Å²) in [6.07, 6.45) is -0.137. The van der Waals surface area contributed by atoms with Crippen molar-refractivity contribution in [3.8, 4) is 0 Å². The summed E-state index contributed by atoms with van der Waals surface area (Å²) >= 11 is 0. The molecule has 1 saturated heterocycles. The molecule has 1 aliphatic heterocycles. The van der Waals surface area contributed by atoms with Crippen molar-refractivity contribution in [3.63, 3.8) is 0 Å². The van der Waals surface area contributed by atoms with Gasteiger partial charge in [-0.2, -0.15) is 0 Å². The lowest BCUT2D eigenvalue weighted by Crippen LogP contribution is -2.35. The van der Waals surface area contributed by atoms with Crippen LogP contribution in [0.15, 0.2) is 0 Å². The largest absolute Gasteiger partial charge is 0.348 e. The number of carbonyl (C=O) groups excluding carboxylic acids is 1. The van der Waals surface area contributed by atoms with E-state index >= 15 is 0 Å². The van der Waals surface area contributed by atoms with Crippen molar-refractivity contribution in [2.45, 2.75) is 45.5 Å². The molecule has 19 heavy (non-hydrogen) atoms. The molecule has 7 nitrogen and oxygen atoms in total. The van der Waals surface area contributed by atoms with E-state index in [-0.39, 0.29) is 23.8 Å². The second kappa shape index (κ2) is 5.26. The summed E-state index contributed by atoms with van der Waals surface area (Å²) in [5, 5.41) is 9.38. The maximum absolute atomic E-state index is 11.8. The SMILES string of the molecule is CC(C)c1nc(C(=O)NCC2COC(C)(C)O2)n[nH]1.